The molecule has 114 valence electrons. The van der Waals surface area contributed by atoms with Crippen molar-refractivity contribution in [3.63, 3.8) is 0 Å². The number of benzene rings is 1. The lowest BCUT2D eigenvalue weighted by Gasteiger charge is -2.26. The molecule has 0 aromatic heterocycles. The van der Waals surface area contributed by atoms with Gasteiger partial charge in [-0.25, -0.2) is 0 Å². The van der Waals surface area contributed by atoms with Crippen LogP contribution in [-0.2, 0) is 16.6 Å². The molecule has 21 heavy (non-hydrogen) atoms. The highest BCUT2D eigenvalue weighted by Gasteiger charge is 2.44. The molecule has 1 aromatic rings. The van der Waals surface area contributed by atoms with Gasteiger partial charge in [-0.1, -0.05) is 43.9 Å². The summed E-state index contributed by atoms with van der Waals surface area (Å²) in [6.07, 6.45) is 8.54. The second-order valence-corrected chi connectivity index (χ2v) is 7.01. The number of carboxylic acids is 1. The van der Waals surface area contributed by atoms with E-state index in [4.69, 9.17) is 11.6 Å². The van der Waals surface area contributed by atoms with Crippen LogP contribution in [-0.4, -0.2) is 11.1 Å². The number of carboxylic acid groups (broad SMARTS) is 1. The van der Waals surface area contributed by atoms with Crippen LogP contribution in [0.5, 0.6) is 0 Å². The third kappa shape index (κ3) is 2.38. The molecule has 0 amide bonds. The Kier molecular flexibility index (Phi) is 4.00. The van der Waals surface area contributed by atoms with Crippen molar-refractivity contribution in [3.8, 4) is 0 Å². The second-order valence-electron chi connectivity index (χ2n) is 6.61. The van der Waals surface area contributed by atoms with E-state index in [0.717, 1.165) is 17.0 Å². The van der Waals surface area contributed by atoms with Crippen LogP contribution in [0, 0.1) is 0 Å². The highest BCUT2D eigenvalue weighted by molar-refractivity contribution is 6.31. The van der Waals surface area contributed by atoms with Crippen LogP contribution in [0.4, 0.5) is 0 Å². The summed E-state index contributed by atoms with van der Waals surface area (Å²) in [5, 5.41) is 10.5. The quantitative estimate of drug-likeness (QED) is 0.847. The van der Waals surface area contributed by atoms with Gasteiger partial charge in [0.05, 0.1) is 5.41 Å². The zero-order valence-electron chi connectivity index (χ0n) is 12.6. The van der Waals surface area contributed by atoms with Crippen LogP contribution in [0.2, 0.25) is 5.02 Å². The Morgan fingerprint density at radius 1 is 1.33 bits per heavy atom. The maximum atomic E-state index is 11.8. The average molecular weight is 307 g/mol. The van der Waals surface area contributed by atoms with Crippen LogP contribution >= 0.6 is 11.6 Å². The summed E-state index contributed by atoms with van der Waals surface area (Å²) in [6, 6.07) is 4.18. The van der Waals surface area contributed by atoms with Gasteiger partial charge in [-0.05, 0) is 60.8 Å². The normalized spacial score (nSPS) is 25.8. The first-order valence-electron chi connectivity index (χ1n) is 8.14. The van der Waals surface area contributed by atoms with Gasteiger partial charge in [0.25, 0.3) is 0 Å². The standard InChI is InChI=1S/C18H23ClO2/c1-2-18(17(20)21)9-8-13-10-14(16(19)11-15(13)18)12-6-4-3-5-7-12/h10-12H,2-9H2,1H3,(H,20,21). The van der Waals surface area contributed by atoms with Gasteiger partial charge in [0.2, 0.25) is 0 Å². The summed E-state index contributed by atoms with van der Waals surface area (Å²) < 4.78 is 0. The van der Waals surface area contributed by atoms with E-state index in [0.29, 0.717) is 18.8 Å². The molecule has 1 aromatic carbocycles. The highest BCUT2D eigenvalue weighted by atomic mass is 35.5. The van der Waals surface area contributed by atoms with E-state index in [1.807, 2.05) is 13.0 Å². The van der Waals surface area contributed by atoms with Crippen molar-refractivity contribution >= 4 is 17.6 Å². The third-order valence-electron chi connectivity index (χ3n) is 5.62. The topological polar surface area (TPSA) is 37.3 Å². The molecule has 1 fully saturated rings. The van der Waals surface area contributed by atoms with Crippen molar-refractivity contribution in [1.29, 1.82) is 0 Å². The minimum absolute atomic E-state index is 0.568. The fourth-order valence-electron chi connectivity index (χ4n) is 4.24. The molecule has 0 heterocycles. The van der Waals surface area contributed by atoms with Crippen LogP contribution in [0.1, 0.15) is 74.5 Å². The van der Waals surface area contributed by atoms with Gasteiger partial charge in [0.15, 0.2) is 0 Å². The zero-order chi connectivity index (χ0) is 15.0. The first kappa shape index (κ1) is 14.9. The first-order valence-corrected chi connectivity index (χ1v) is 8.52. The van der Waals surface area contributed by atoms with Crippen molar-refractivity contribution in [2.24, 2.45) is 0 Å². The Hall–Kier alpha value is -1.02. The lowest BCUT2D eigenvalue weighted by molar-refractivity contribution is -0.144. The molecule has 0 spiro atoms. The monoisotopic (exact) mass is 306 g/mol. The van der Waals surface area contributed by atoms with Crippen molar-refractivity contribution in [3.05, 3.63) is 33.8 Å². The van der Waals surface area contributed by atoms with E-state index in [-0.39, 0.29) is 0 Å². The number of aliphatic carboxylic acids is 1. The van der Waals surface area contributed by atoms with E-state index < -0.39 is 11.4 Å². The fraction of sp³-hybridized carbons (Fsp3) is 0.611. The molecule has 2 nitrogen and oxygen atoms in total. The summed E-state index contributed by atoms with van der Waals surface area (Å²) in [6.45, 7) is 1.96. The first-order chi connectivity index (χ1) is 10.1. The van der Waals surface area contributed by atoms with Crippen LogP contribution in [0.25, 0.3) is 0 Å². The van der Waals surface area contributed by atoms with Gasteiger partial charge < -0.3 is 5.11 Å². The summed E-state index contributed by atoms with van der Waals surface area (Å²) in [5.41, 5.74) is 2.71. The Morgan fingerprint density at radius 3 is 2.67 bits per heavy atom. The largest absolute Gasteiger partial charge is 0.481 e. The minimum Gasteiger partial charge on any atom is -0.481 e. The Balaban J connectivity index is 2.01. The second kappa shape index (κ2) is 5.64. The maximum absolute atomic E-state index is 11.8. The molecule has 1 N–H and O–H groups in total. The van der Waals surface area contributed by atoms with Crippen LogP contribution < -0.4 is 0 Å². The summed E-state index contributed by atoms with van der Waals surface area (Å²) >= 11 is 6.54. The SMILES string of the molecule is CCC1(C(=O)O)CCc2cc(C3CCCCC3)c(Cl)cc21. The van der Waals surface area contributed by atoms with E-state index in [1.165, 1.54) is 43.2 Å². The summed E-state index contributed by atoms with van der Waals surface area (Å²) in [4.78, 5) is 11.8. The smallest absolute Gasteiger partial charge is 0.314 e. The third-order valence-corrected chi connectivity index (χ3v) is 5.94. The summed E-state index contributed by atoms with van der Waals surface area (Å²) in [7, 11) is 0. The Labute approximate surface area is 131 Å². The lowest BCUT2D eigenvalue weighted by atomic mass is 9.78. The molecule has 3 rings (SSSR count). The minimum atomic E-state index is -0.718. The summed E-state index contributed by atoms with van der Waals surface area (Å²) in [5.74, 6) is -0.136. The molecule has 0 saturated heterocycles. The molecule has 3 heteroatoms. The van der Waals surface area contributed by atoms with Crippen molar-refractivity contribution in [2.45, 2.75) is 69.6 Å². The van der Waals surface area contributed by atoms with Gasteiger partial charge in [0, 0.05) is 5.02 Å². The van der Waals surface area contributed by atoms with Crippen molar-refractivity contribution < 1.29 is 9.90 Å². The number of aryl methyl sites for hydroxylation is 1. The van der Waals surface area contributed by atoms with Gasteiger partial charge in [-0.3, -0.25) is 4.79 Å². The average Bonchev–Trinajstić information content (AvgIpc) is 2.86. The van der Waals surface area contributed by atoms with E-state index in [1.54, 1.807) is 0 Å². The molecule has 0 bridgehead atoms. The van der Waals surface area contributed by atoms with Gasteiger partial charge in [-0.15, -0.1) is 0 Å². The van der Waals surface area contributed by atoms with Gasteiger partial charge in [0.1, 0.15) is 0 Å². The Bertz CT molecular complexity index is 561. The molecular formula is C18H23ClO2. The zero-order valence-corrected chi connectivity index (χ0v) is 13.4. The molecule has 1 unspecified atom stereocenters. The van der Waals surface area contributed by atoms with Crippen LogP contribution in [0.15, 0.2) is 12.1 Å². The molecule has 2 aliphatic carbocycles. The number of halogens is 1. The van der Waals surface area contributed by atoms with E-state index in [9.17, 15) is 9.90 Å². The van der Waals surface area contributed by atoms with Crippen LogP contribution in [0.3, 0.4) is 0 Å². The predicted molar refractivity (Wildman–Crippen MR) is 85.2 cm³/mol. The molecule has 2 aliphatic rings. The van der Waals surface area contributed by atoms with Crippen molar-refractivity contribution in [1.82, 2.24) is 0 Å². The highest BCUT2D eigenvalue weighted by Crippen LogP contribution is 2.46. The molecule has 0 radical (unpaired) electrons. The van der Waals surface area contributed by atoms with E-state index in [2.05, 4.69) is 6.07 Å². The Morgan fingerprint density at radius 2 is 2.05 bits per heavy atom. The molecule has 1 saturated carbocycles. The van der Waals surface area contributed by atoms with Gasteiger partial charge >= 0.3 is 5.97 Å². The maximum Gasteiger partial charge on any atom is 0.314 e. The fourth-order valence-corrected chi connectivity index (χ4v) is 4.56. The number of fused-ring (bicyclic) bond motifs is 1. The number of carbonyl (C=O) groups is 1. The number of hydrogen-bond donors (Lipinski definition) is 1. The number of hydrogen-bond acceptors (Lipinski definition) is 1. The lowest BCUT2D eigenvalue weighted by Crippen LogP contribution is -2.32. The predicted octanol–water partition coefficient (Wildman–Crippen LogP) is 5.07. The molecule has 1 atom stereocenters. The number of rotatable bonds is 3. The van der Waals surface area contributed by atoms with E-state index >= 15 is 0 Å². The van der Waals surface area contributed by atoms with Crippen molar-refractivity contribution in [2.75, 3.05) is 0 Å². The molecular weight excluding hydrogens is 284 g/mol. The van der Waals surface area contributed by atoms with Gasteiger partial charge in [-0.2, -0.15) is 0 Å². The molecule has 0 aliphatic heterocycles.